The van der Waals surface area contributed by atoms with E-state index in [-0.39, 0.29) is 24.0 Å². The van der Waals surface area contributed by atoms with Crippen molar-refractivity contribution in [2.24, 2.45) is 5.92 Å². The van der Waals surface area contributed by atoms with Gasteiger partial charge in [0.05, 0.1) is 12.1 Å². The van der Waals surface area contributed by atoms with Gasteiger partial charge in [-0.25, -0.2) is 0 Å². The third kappa shape index (κ3) is 1.84. The highest BCUT2D eigenvalue weighted by Crippen LogP contribution is 2.36. The normalized spacial score (nSPS) is 31.9. The first kappa shape index (κ1) is 10.8. The minimum atomic E-state index is -0.324. The fraction of sp³-hybridized carbons (Fsp3) is 0.500. The molecular weight excluding hydrogens is 214 g/mol. The van der Waals surface area contributed by atoms with Crippen LogP contribution < -0.4 is 0 Å². The summed E-state index contributed by atoms with van der Waals surface area (Å²) in [6, 6.07) is 10.0. The second kappa shape index (κ2) is 4.15. The number of piperidine rings is 2. The summed E-state index contributed by atoms with van der Waals surface area (Å²) in [7, 11) is 0. The molecule has 2 saturated heterocycles. The average molecular weight is 231 g/mol. The molecule has 0 aromatic heterocycles. The number of aliphatic hydroxyl groups excluding tert-OH is 1. The van der Waals surface area contributed by atoms with Crippen LogP contribution in [0.1, 0.15) is 24.8 Å². The van der Waals surface area contributed by atoms with Gasteiger partial charge in [-0.1, -0.05) is 30.3 Å². The Morgan fingerprint density at radius 3 is 2.71 bits per heavy atom. The smallest absolute Gasteiger partial charge is 0.226 e. The van der Waals surface area contributed by atoms with Gasteiger partial charge in [0.25, 0.3) is 0 Å². The lowest BCUT2D eigenvalue weighted by Crippen LogP contribution is -2.58. The van der Waals surface area contributed by atoms with E-state index in [1.165, 1.54) is 0 Å². The van der Waals surface area contributed by atoms with Crippen molar-refractivity contribution in [1.82, 2.24) is 4.90 Å². The first-order valence-electron chi connectivity index (χ1n) is 6.28. The molecule has 0 spiro atoms. The lowest BCUT2D eigenvalue weighted by molar-refractivity contribution is -0.157. The molecule has 2 heterocycles. The fourth-order valence-electron chi connectivity index (χ4n) is 3.09. The van der Waals surface area contributed by atoms with Crippen LogP contribution in [0.2, 0.25) is 0 Å². The van der Waals surface area contributed by atoms with Gasteiger partial charge < -0.3 is 10.0 Å². The zero-order valence-electron chi connectivity index (χ0n) is 9.75. The van der Waals surface area contributed by atoms with Crippen LogP contribution in [0.3, 0.4) is 0 Å². The SMILES string of the molecule is O=C1[C@H]2CC[C@H]([C@@H](O)C2)N1Cc1ccccc1. The molecule has 4 rings (SSSR count). The number of nitrogens with zero attached hydrogens (tertiary/aromatic N) is 1. The van der Waals surface area contributed by atoms with E-state index in [0.717, 1.165) is 18.4 Å². The van der Waals surface area contributed by atoms with Gasteiger partial charge in [-0.2, -0.15) is 0 Å². The maximum atomic E-state index is 12.2. The number of carbonyl (C=O) groups is 1. The Labute approximate surface area is 101 Å². The van der Waals surface area contributed by atoms with Crippen LogP contribution in [0.5, 0.6) is 0 Å². The molecule has 17 heavy (non-hydrogen) atoms. The maximum Gasteiger partial charge on any atom is 0.226 e. The predicted octanol–water partition coefficient (Wildman–Crippen LogP) is 1.56. The number of carbonyl (C=O) groups excluding carboxylic acids is 1. The Balaban J connectivity index is 1.81. The van der Waals surface area contributed by atoms with Crippen molar-refractivity contribution in [3.63, 3.8) is 0 Å². The van der Waals surface area contributed by atoms with Crippen LogP contribution in [0.4, 0.5) is 0 Å². The highest BCUT2D eigenvalue weighted by molar-refractivity contribution is 5.81. The van der Waals surface area contributed by atoms with Crippen molar-refractivity contribution >= 4 is 5.91 Å². The number of rotatable bonds is 2. The van der Waals surface area contributed by atoms with Gasteiger partial charge in [-0.05, 0) is 24.8 Å². The summed E-state index contributed by atoms with van der Waals surface area (Å²) in [6.07, 6.45) is 2.24. The van der Waals surface area contributed by atoms with Crippen molar-refractivity contribution in [1.29, 1.82) is 0 Å². The van der Waals surface area contributed by atoms with E-state index in [2.05, 4.69) is 0 Å². The predicted molar refractivity (Wildman–Crippen MR) is 64.1 cm³/mol. The second-order valence-electron chi connectivity index (χ2n) is 5.10. The highest BCUT2D eigenvalue weighted by Gasteiger charge is 2.45. The van der Waals surface area contributed by atoms with Gasteiger partial charge in [0.15, 0.2) is 0 Å². The molecule has 0 unspecified atom stereocenters. The summed E-state index contributed by atoms with van der Waals surface area (Å²) < 4.78 is 0. The monoisotopic (exact) mass is 231 g/mol. The number of hydrogen-bond acceptors (Lipinski definition) is 2. The van der Waals surface area contributed by atoms with E-state index in [1.807, 2.05) is 35.2 Å². The summed E-state index contributed by atoms with van der Waals surface area (Å²) >= 11 is 0. The molecular formula is C14H17NO2. The zero-order chi connectivity index (χ0) is 11.8. The minimum absolute atomic E-state index is 0.0349. The van der Waals surface area contributed by atoms with E-state index in [1.54, 1.807) is 0 Å². The van der Waals surface area contributed by atoms with Crippen molar-refractivity contribution < 1.29 is 9.90 Å². The Bertz CT molecular complexity index is 417. The number of amides is 1. The molecule has 1 aromatic rings. The summed E-state index contributed by atoms with van der Waals surface area (Å²) in [6.45, 7) is 0.637. The highest BCUT2D eigenvalue weighted by atomic mass is 16.3. The van der Waals surface area contributed by atoms with E-state index >= 15 is 0 Å². The average Bonchev–Trinajstić information content (AvgIpc) is 2.35. The number of fused-ring (bicyclic) bond motifs is 3. The molecule has 90 valence electrons. The summed E-state index contributed by atoms with van der Waals surface area (Å²) in [5.41, 5.74) is 1.14. The third-order valence-electron chi connectivity index (χ3n) is 4.01. The molecule has 1 N–H and O–H groups in total. The maximum absolute atomic E-state index is 12.2. The van der Waals surface area contributed by atoms with Gasteiger partial charge >= 0.3 is 0 Å². The van der Waals surface area contributed by atoms with Crippen LogP contribution in [-0.4, -0.2) is 28.1 Å². The molecule has 3 fully saturated rings. The van der Waals surface area contributed by atoms with Gasteiger partial charge in [-0.3, -0.25) is 4.79 Å². The summed E-state index contributed by atoms with van der Waals surface area (Å²) in [5, 5.41) is 9.97. The summed E-state index contributed by atoms with van der Waals surface area (Å²) in [4.78, 5) is 14.0. The molecule has 1 saturated carbocycles. The largest absolute Gasteiger partial charge is 0.391 e. The van der Waals surface area contributed by atoms with Crippen LogP contribution >= 0.6 is 0 Å². The van der Waals surface area contributed by atoms with Gasteiger partial charge in [0.1, 0.15) is 0 Å². The molecule has 1 amide bonds. The molecule has 1 aromatic carbocycles. The van der Waals surface area contributed by atoms with Crippen LogP contribution in [0.25, 0.3) is 0 Å². The Morgan fingerprint density at radius 2 is 2.00 bits per heavy atom. The molecule has 3 nitrogen and oxygen atoms in total. The van der Waals surface area contributed by atoms with Crippen molar-refractivity contribution in [3.05, 3.63) is 35.9 Å². The molecule has 3 heteroatoms. The molecule has 3 atom stereocenters. The molecule has 3 aliphatic rings. The lowest BCUT2D eigenvalue weighted by Gasteiger charge is -2.47. The molecule has 1 aliphatic carbocycles. The quantitative estimate of drug-likeness (QED) is 0.839. The van der Waals surface area contributed by atoms with E-state index < -0.39 is 0 Å². The lowest BCUT2D eigenvalue weighted by atomic mass is 9.77. The van der Waals surface area contributed by atoms with E-state index in [4.69, 9.17) is 0 Å². The Hall–Kier alpha value is -1.35. The van der Waals surface area contributed by atoms with E-state index in [9.17, 15) is 9.90 Å². The van der Waals surface area contributed by atoms with Crippen molar-refractivity contribution in [2.75, 3.05) is 0 Å². The topological polar surface area (TPSA) is 40.5 Å². The standard InChI is InChI=1S/C14H17NO2/c16-13-8-11-6-7-12(13)15(14(11)17)9-10-4-2-1-3-5-10/h1-5,11-13,16H,6-9H2/t11-,12+,13-/m0/s1. The molecule has 2 aliphatic heterocycles. The Morgan fingerprint density at radius 1 is 1.24 bits per heavy atom. The fourth-order valence-corrected chi connectivity index (χ4v) is 3.09. The Kier molecular flexibility index (Phi) is 2.63. The second-order valence-corrected chi connectivity index (χ2v) is 5.10. The van der Waals surface area contributed by atoms with Gasteiger partial charge in [-0.15, -0.1) is 0 Å². The van der Waals surface area contributed by atoms with Gasteiger partial charge in [0, 0.05) is 12.5 Å². The van der Waals surface area contributed by atoms with E-state index in [0.29, 0.717) is 13.0 Å². The number of hydrogen-bond donors (Lipinski definition) is 1. The first-order valence-corrected chi connectivity index (χ1v) is 6.28. The minimum Gasteiger partial charge on any atom is -0.391 e. The van der Waals surface area contributed by atoms with Gasteiger partial charge in [0.2, 0.25) is 5.91 Å². The third-order valence-corrected chi connectivity index (χ3v) is 4.01. The number of aliphatic hydroxyl groups is 1. The summed E-state index contributed by atoms with van der Waals surface area (Å²) in [5.74, 6) is 0.286. The molecule has 0 radical (unpaired) electrons. The van der Waals surface area contributed by atoms with Crippen molar-refractivity contribution in [3.8, 4) is 0 Å². The zero-order valence-corrected chi connectivity index (χ0v) is 9.75. The van der Waals surface area contributed by atoms with Crippen LogP contribution in [-0.2, 0) is 11.3 Å². The van der Waals surface area contributed by atoms with Crippen LogP contribution in [0, 0.1) is 5.92 Å². The van der Waals surface area contributed by atoms with Crippen molar-refractivity contribution in [2.45, 2.75) is 38.0 Å². The molecule has 2 bridgehead atoms. The number of benzene rings is 1. The first-order chi connectivity index (χ1) is 8.25. The van der Waals surface area contributed by atoms with Crippen LogP contribution in [0.15, 0.2) is 30.3 Å².